The molecule has 0 unspecified atom stereocenters. The van der Waals surface area contributed by atoms with Gasteiger partial charge in [0.25, 0.3) is 0 Å². The van der Waals surface area contributed by atoms with E-state index in [0.29, 0.717) is 0 Å². The molecule has 0 spiro atoms. The zero-order valence-corrected chi connectivity index (χ0v) is 20.6. The second kappa shape index (κ2) is 8.90. The number of benzene rings is 4. The zero-order valence-electron chi connectivity index (χ0n) is 20.6. The summed E-state index contributed by atoms with van der Waals surface area (Å²) in [5, 5.41) is 0. The van der Waals surface area contributed by atoms with Crippen molar-refractivity contribution >= 4 is 0 Å². The quantitative estimate of drug-likeness (QED) is 0.279. The summed E-state index contributed by atoms with van der Waals surface area (Å²) in [5.74, 6) is 0.886. The summed E-state index contributed by atoms with van der Waals surface area (Å²) in [5.41, 5.74) is 8.70. The van der Waals surface area contributed by atoms with Crippen LogP contribution in [0.15, 0.2) is 97.1 Å². The van der Waals surface area contributed by atoms with Crippen LogP contribution in [0.2, 0.25) is 0 Å². The van der Waals surface area contributed by atoms with Gasteiger partial charge in [0.05, 0.1) is 7.11 Å². The van der Waals surface area contributed by atoms with Crippen LogP contribution in [0.5, 0.6) is 5.75 Å². The van der Waals surface area contributed by atoms with Gasteiger partial charge in [-0.1, -0.05) is 110 Å². The molecule has 4 aromatic carbocycles. The van der Waals surface area contributed by atoms with Gasteiger partial charge < -0.3 is 4.74 Å². The molecule has 0 atom stereocenters. The van der Waals surface area contributed by atoms with Gasteiger partial charge >= 0.3 is 0 Å². The van der Waals surface area contributed by atoms with Gasteiger partial charge in [-0.15, -0.1) is 0 Å². The topological polar surface area (TPSA) is 9.23 Å². The Labute approximate surface area is 199 Å². The highest BCUT2D eigenvalue weighted by molar-refractivity contribution is 5.52. The minimum atomic E-state index is -0.232. The van der Waals surface area contributed by atoms with Crippen LogP contribution < -0.4 is 4.74 Å². The van der Waals surface area contributed by atoms with Crippen molar-refractivity contribution in [2.75, 3.05) is 7.11 Å². The minimum Gasteiger partial charge on any atom is -0.497 e. The van der Waals surface area contributed by atoms with Crippen molar-refractivity contribution in [3.63, 3.8) is 0 Å². The first kappa shape index (κ1) is 22.9. The van der Waals surface area contributed by atoms with Crippen LogP contribution in [-0.4, -0.2) is 7.11 Å². The third-order valence-electron chi connectivity index (χ3n) is 7.25. The van der Waals surface area contributed by atoms with Gasteiger partial charge in [0.15, 0.2) is 0 Å². The maximum absolute atomic E-state index is 5.34. The van der Waals surface area contributed by atoms with Crippen molar-refractivity contribution in [2.24, 2.45) is 0 Å². The molecule has 0 fully saturated rings. The molecule has 4 rings (SSSR count). The van der Waals surface area contributed by atoms with Crippen molar-refractivity contribution in [1.29, 1.82) is 0 Å². The van der Waals surface area contributed by atoms with E-state index in [9.17, 15) is 0 Å². The number of methoxy groups -OCH3 is 1. The molecule has 0 radical (unpaired) electrons. The van der Waals surface area contributed by atoms with E-state index in [0.717, 1.165) is 5.75 Å². The smallest absolute Gasteiger partial charge is 0.118 e. The van der Waals surface area contributed by atoms with Crippen LogP contribution in [0.3, 0.4) is 0 Å². The Morgan fingerprint density at radius 2 is 0.758 bits per heavy atom. The molecule has 168 valence electrons. The van der Waals surface area contributed by atoms with Gasteiger partial charge in [0.2, 0.25) is 0 Å². The van der Waals surface area contributed by atoms with Crippen LogP contribution in [0.1, 0.15) is 59.7 Å². The maximum Gasteiger partial charge on any atom is 0.118 e. The fourth-order valence-corrected chi connectivity index (χ4v) is 4.67. The molecule has 0 saturated carbocycles. The molecule has 0 N–H and O–H groups in total. The molecule has 0 aliphatic heterocycles. The highest BCUT2D eigenvalue weighted by Gasteiger charge is 2.32. The molecule has 0 amide bonds. The van der Waals surface area contributed by atoms with Gasteiger partial charge in [-0.25, -0.2) is 0 Å². The van der Waals surface area contributed by atoms with E-state index >= 15 is 0 Å². The molecule has 0 saturated heterocycles. The van der Waals surface area contributed by atoms with Crippen molar-refractivity contribution in [2.45, 2.75) is 45.4 Å². The van der Waals surface area contributed by atoms with E-state index in [1.807, 2.05) is 12.1 Å². The molecule has 33 heavy (non-hydrogen) atoms. The third-order valence-corrected chi connectivity index (χ3v) is 7.25. The van der Waals surface area contributed by atoms with Gasteiger partial charge in [-0.2, -0.15) is 0 Å². The highest BCUT2D eigenvalue weighted by atomic mass is 16.5. The summed E-state index contributed by atoms with van der Waals surface area (Å²) in [4.78, 5) is 0. The lowest BCUT2D eigenvalue weighted by atomic mass is 9.70. The first-order chi connectivity index (χ1) is 15.7. The SMILES string of the molecule is COc1ccc(C(C)(C)c2ccc(C(C)(c3ccc(C)cc3)c3ccc(C)cc3)cc2)cc1. The fourth-order valence-electron chi connectivity index (χ4n) is 4.67. The molecule has 0 bridgehead atoms. The number of ether oxygens (including phenoxy) is 1. The molecular weight excluding hydrogens is 400 g/mol. The number of rotatable bonds is 6. The van der Waals surface area contributed by atoms with Gasteiger partial charge in [0.1, 0.15) is 5.75 Å². The molecule has 0 aliphatic carbocycles. The second-order valence-corrected chi connectivity index (χ2v) is 9.79. The zero-order chi connectivity index (χ0) is 23.6. The predicted molar refractivity (Wildman–Crippen MR) is 139 cm³/mol. The Bertz CT molecular complexity index is 1150. The van der Waals surface area contributed by atoms with Crippen LogP contribution >= 0.6 is 0 Å². The summed E-state index contributed by atoms with van der Waals surface area (Å²) in [7, 11) is 1.71. The third kappa shape index (κ3) is 4.33. The average Bonchev–Trinajstić information content (AvgIpc) is 2.84. The lowest BCUT2D eigenvalue weighted by molar-refractivity contribution is 0.414. The van der Waals surface area contributed by atoms with Crippen LogP contribution in [0, 0.1) is 13.8 Å². The number of aryl methyl sites for hydroxylation is 2. The normalized spacial score (nSPS) is 11.9. The Morgan fingerprint density at radius 3 is 1.12 bits per heavy atom. The van der Waals surface area contributed by atoms with Crippen molar-refractivity contribution in [1.82, 2.24) is 0 Å². The summed E-state index contributed by atoms with van der Waals surface area (Å²) in [6.07, 6.45) is 0. The Balaban J connectivity index is 1.77. The Kier molecular flexibility index (Phi) is 6.17. The highest BCUT2D eigenvalue weighted by Crippen LogP contribution is 2.40. The Hall–Kier alpha value is -3.32. The molecule has 1 nitrogen and oxygen atoms in total. The summed E-state index contributed by atoms with van der Waals surface area (Å²) in [6.45, 7) is 11.2. The van der Waals surface area contributed by atoms with E-state index in [4.69, 9.17) is 4.74 Å². The molecular formula is C32H34O. The maximum atomic E-state index is 5.34. The summed E-state index contributed by atoms with van der Waals surface area (Å²) in [6, 6.07) is 35.5. The standard InChI is InChI=1S/C32H34O/c1-23-7-11-27(12-8-23)32(5,28-13-9-24(2)10-14-28)29-17-15-25(16-18-29)31(3,4)26-19-21-30(33-6)22-20-26/h7-22H,1-6H3. The van der Waals surface area contributed by atoms with Crippen LogP contribution in [0.4, 0.5) is 0 Å². The van der Waals surface area contributed by atoms with E-state index < -0.39 is 0 Å². The largest absolute Gasteiger partial charge is 0.497 e. The molecule has 4 aromatic rings. The molecule has 0 aromatic heterocycles. The lowest BCUT2D eigenvalue weighted by Crippen LogP contribution is -2.26. The monoisotopic (exact) mass is 434 g/mol. The molecule has 1 heteroatoms. The van der Waals surface area contributed by atoms with Crippen LogP contribution in [-0.2, 0) is 10.8 Å². The van der Waals surface area contributed by atoms with Crippen molar-refractivity contribution < 1.29 is 4.74 Å². The fraction of sp³-hybridized carbons (Fsp3) is 0.250. The van der Waals surface area contributed by atoms with E-state index in [2.05, 4.69) is 120 Å². The van der Waals surface area contributed by atoms with E-state index in [-0.39, 0.29) is 10.8 Å². The predicted octanol–water partition coefficient (Wildman–Crippen LogP) is 7.99. The van der Waals surface area contributed by atoms with Gasteiger partial charge in [0, 0.05) is 10.8 Å². The minimum absolute atomic E-state index is 0.102. The van der Waals surface area contributed by atoms with Gasteiger partial charge in [-0.05, 0) is 60.7 Å². The average molecular weight is 435 g/mol. The second-order valence-electron chi connectivity index (χ2n) is 9.79. The van der Waals surface area contributed by atoms with Crippen molar-refractivity contribution in [3.05, 3.63) is 136 Å². The molecule has 0 aliphatic rings. The first-order valence-electron chi connectivity index (χ1n) is 11.6. The van der Waals surface area contributed by atoms with Crippen LogP contribution in [0.25, 0.3) is 0 Å². The lowest BCUT2D eigenvalue weighted by Gasteiger charge is -2.33. The Morgan fingerprint density at radius 1 is 0.455 bits per heavy atom. The van der Waals surface area contributed by atoms with E-state index in [1.54, 1.807) is 7.11 Å². The van der Waals surface area contributed by atoms with Gasteiger partial charge in [-0.3, -0.25) is 0 Å². The molecule has 0 heterocycles. The summed E-state index contributed by atoms with van der Waals surface area (Å²) >= 11 is 0. The summed E-state index contributed by atoms with van der Waals surface area (Å²) < 4.78 is 5.34. The van der Waals surface area contributed by atoms with Crippen molar-refractivity contribution in [3.8, 4) is 5.75 Å². The number of hydrogen-bond acceptors (Lipinski definition) is 1. The first-order valence-corrected chi connectivity index (χ1v) is 11.6. The number of hydrogen-bond donors (Lipinski definition) is 0. The van der Waals surface area contributed by atoms with E-state index in [1.165, 1.54) is 38.9 Å².